The number of thiophene rings is 1. The lowest BCUT2D eigenvalue weighted by Gasteiger charge is -2.25. The van der Waals surface area contributed by atoms with E-state index >= 15 is 0 Å². The van der Waals surface area contributed by atoms with Gasteiger partial charge in [-0.25, -0.2) is 0 Å². The van der Waals surface area contributed by atoms with Gasteiger partial charge in [0.2, 0.25) is 0 Å². The van der Waals surface area contributed by atoms with Crippen LogP contribution in [0.2, 0.25) is 0 Å². The second-order valence-corrected chi connectivity index (χ2v) is 18.0. The van der Waals surface area contributed by atoms with E-state index in [1.54, 1.807) is 35.6 Å². The summed E-state index contributed by atoms with van der Waals surface area (Å²) >= 11 is 1.65. The number of aromatic nitrogens is 3. The Morgan fingerprint density at radius 1 is 0.412 bits per heavy atom. The lowest BCUT2D eigenvalue weighted by molar-refractivity contribution is -0.138. The van der Waals surface area contributed by atoms with Crippen molar-refractivity contribution < 1.29 is 26.3 Å². The number of benzene rings is 9. The third-order valence-corrected chi connectivity index (χ3v) is 14.5. The van der Waals surface area contributed by atoms with Crippen molar-refractivity contribution in [3.63, 3.8) is 0 Å². The number of hydrogen-bond acceptors (Lipinski definition) is 2. The van der Waals surface area contributed by atoms with Gasteiger partial charge >= 0.3 is 12.4 Å². The first kappa shape index (κ1) is 40.0. The minimum absolute atomic E-state index is 0.228. The van der Waals surface area contributed by atoms with Gasteiger partial charge in [-0.2, -0.15) is 31.6 Å². The van der Waals surface area contributed by atoms with Crippen LogP contribution in [-0.2, 0) is 12.4 Å². The minimum Gasteiger partial charge on any atom is -0.308 e. The van der Waals surface area contributed by atoms with E-state index in [4.69, 9.17) is 0 Å². The summed E-state index contributed by atoms with van der Waals surface area (Å²) < 4.78 is 95.3. The number of para-hydroxylation sites is 3. The highest BCUT2D eigenvalue weighted by atomic mass is 32.1. The Morgan fingerprint density at radius 2 is 0.897 bits per heavy atom. The van der Waals surface area contributed by atoms with Crippen molar-refractivity contribution in [3.8, 4) is 34.3 Å². The lowest BCUT2D eigenvalue weighted by atomic mass is 9.95. The predicted octanol–water partition coefficient (Wildman–Crippen LogP) is 16.9. The maximum Gasteiger partial charge on any atom is 0.416 e. The molecule has 0 amide bonds. The fourth-order valence-electron chi connectivity index (χ4n) is 10.5. The van der Waals surface area contributed by atoms with Crippen LogP contribution in [0.5, 0.6) is 0 Å². The SMILES string of the molecule is N#Cc1cc(-n2c3ccccc3c3cc(C(F)(F)F)ccc32)c(-c2ccccc2)c(-n2c3ccccc3c3cc(C(F)(F)F)ccc32)c1-n1c2ccccc2c2ccc3c4ccccc4sc3c21. The average molecular weight is 917 g/mol. The molecule has 0 saturated heterocycles. The number of halogens is 6. The van der Waals surface area contributed by atoms with E-state index in [1.165, 1.54) is 18.2 Å². The van der Waals surface area contributed by atoms with Gasteiger partial charge in [-0.1, -0.05) is 115 Å². The van der Waals surface area contributed by atoms with Crippen LogP contribution in [0.3, 0.4) is 0 Å². The maximum absolute atomic E-state index is 14.6. The Bertz CT molecular complexity index is 4310. The molecule has 0 bridgehead atoms. The van der Waals surface area contributed by atoms with Gasteiger partial charge in [-0.3, -0.25) is 0 Å². The van der Waals surface area contributed by atoms with Gasteiger partial charge in [0.05, 0.1) is 71.6 Å². The van der Waals surface area contributed by atoms with Crippen LogP contribution in [0.25, 0.3) is 114 Å². The number of alkyl halides is 6. The monoisotopic (exact) mass is 916 g/mol. The summed E-state index contributed by atoms with van der Waals surface area (Å²) in [5, 5.41) is 17.6. The van der Waals surface area contributed by atoms with Crippen LogP contribution in [0.1, 0.15) is 16.7 Å². The molecule has 13 rings (SSSR count). The summed E-state index contributed by atoms with van der Waals surface area (Å²) in [4.78, 5) is 0. The first-order valence-corrected chi connectivity index (χ1v) is 22.5. The fraction of sp³-hybridized carbons (Fsp3) is 0.0351. The van der Waals surface area contributed by atoms with Crippen LogP contribution < -0.4 is 0 Å². The molecule has 0 aliphatic rings. The Balaban J connectivity index is 1.31. The molecule has 9 aromatic carbocycles. The van der Waals surface area contributed by atoms with Crippen molar-refractivity contribution in [1.29, 1.82) is 5.26 Å². The van der Waals surface area contributed by atoms with Crippen LogP contribution >= 0.6 is 11.3 Å². The molecular weight excluding hydrogens is 887 g/mol. The van der Waals surface area contributed by atoms with Crippen LogP contribution in [0.4, 0.5) is 26.3 Å². The molecule has 326 valence electrons. The van der Waals surface area contributed by atoms with E-state index in [0.717, 1.165) is 60.2 Å². The highest BCUT2D eigenvalue weighted by molar-refractivity contribution is 7.26. The number of nitrogens with zero attached hydrogens (tertiary/aromatic N) is 4. The molecule has 0 aliphatic carbocycles. The zero-order valence-electron chi connectivity index (χ0n) is 35.3. The van der Waals surface area contributed by atoms with Gasteiger partial charge in [-0.15, -0.1) is 11.3 Å². The molecule has 13 aromatic rings. The smallest absolute Gasteiger partial charge is 0.308 e. The Morgan fingerprint density at radius 3 is 1.50 bits per heavy atom. The number of fused-ring (bicyclic) bond motifs is 13. The van der Waals surface area contributed by atoms with E-state index < -0.39 is 23.5 Å². The third-order valence-electron chi connectivity index (χ3n) is 13.3. The number of rotatable bonds is 4. The normalized spacial score (nSPS) is 12.5. The molecule has 68 heavy (non-hydrogen) atoms. The Kier molecular flexibility index (Phi) is 8.43. The molecule has 0 saturated carbocycles. The molecule has 4 heterocycles. The van der Waals surface area contributed by atoms with Gasteiger partial charge in [-0.05, 0) is 72.3 Å². The summed E-state index contributed by atoms with van der Waals surface area (Å²) in [5.74, 6) is 0. The molecular formula is C57H30F6N4S. The predicted molar refractivity (Wildman–Crippen MR) is 263 cm³/mol. The van der Waals surface area contributed by atoms with Gasteiger partial charge < -0.3 is 13.7 Å². The fourth-order valence-corrected chi connectivity index (χ4v) is 11.7. The summed E-state index contributed by atoms with van der Waals surface area (Å²) in [7, 11) is 0. The van der Waals surface area contributed by atoms with Crippen molar-refractivity contribution in [2.45, 2.75) is 12.4 Å². The number of hydrogen-bond donors (Lipinski definition) is 0. The van der Waals surface area contributed by atoms with E-state index in [1.807, 2.05) is 100 Å². The summed E-state index contributed by atoms with van der Waals surface area (Å²) in [6.45, 7) is 0. The van der Waals surface area contributed by atoms with E-state index in [9.17, 15) is 31.6 Å². The van der Waals surface area contributed by atoms with Crippen molar-refractivity contribution in [1.82, 2.24) is 13.7 Å². The van der Waals surface area contributed by atoms with Crippen molar-refractivity contribution >= 4 is 96.9 Å². The largest absolute Gasteiger partial charge is 0.416 e. The van der Waals surface area contributed by atoms with E-state index in [0.29, 0.717) is 71.8 Å². The summed E-state index contributed by atoms with van der Waals surface area (Å²) in [6.07, 6.45) is -9.24. The standard InChI is InChI=1S/C57H30F6N4S/c58-56(59,60)34-22-26-47-42(29-34)37-15-5-8-18-44(37)65(47)49-28-33(31-64)52(67-46-20-10-4-14-36(46)40-24-25-41-39-17-7-11-21-50(39)68-55(41)53(40)67)54(51(49)32-12-2-1-3-13-32)66-45-19-9-6-16-38(45)43-30-35(57(61,62)63)23-27-48(43)66/h1-30H. The van der Waals surface area contributed by atoms with Crippen LogP contribution in [-0.4, -0.2) is 13.7 Å². The second-order valence-electron chi connectivity index (χ2n) is 16.9. The van der Waals surface area contributed by atoms with E-state index in [-0.39, 0.29) is 5.56 Å². The first-order valence-electron chi connectivity index (χ1n) is 21.7. The van der Waals surface area contributed by atoms with Gasteiger partial charge in [0, 0.05) is 53.4 Å². The quantitative estimate of drug-likeness (QED) is 0.162. The Labute approximate surface area is 385 Å². The molecule has 0 N–H and O–H groups in total. The average Bonchev–Trinajstić information content (AvgIpc) is 4.09. The molecule has 4 aromatic heterocycles. The maximum atomic E-state index is 14.6. The lowest BCUT2D eigenvalue weighted by Crippen LogP contribution is -2.12. The summed E-state index contributed by atoms with van der Waals surface area (Å²) in [6, 6.07) is 56.4. The van der Waals surface area contributed by atoms with Gasteiger partial charge in [0.15, 0.2) is 0 Å². The molecule has 0 atom stereocenters. The third kappa shape index (κ3) is 5.67. The van der Waals surface area contributed by atoms with Crippen LogP contribution in [0, 0.1) is 11.3 Å². The highest BCUT2D eigenvalue weighted by Gasteiger charge is 2.35. The molecule has 11 heteroatoms. The highest BCUT2D eigenvalue weighted by Crippen LogP contribution is 2.50. The minimum atomic E-state index is -4.63. The molecule has 0 spiro atoms. The molecule has 0 unspecified atom stereocenters. The van der Waals surface area contributed by atoms with Crippen molar-refractivity contribution in [3.05, 3.63) is 199 Å². The first-order chi connectivity index (χ1) is 33.0. The van der Waals surface area contributed by atoms with E-state index in [2.05, 4.69) is 41.0 Å². The topological polar surface area (TPSA) is 38.6 Å². The zero-order valence-corrected chi connectivity index (χ0v) is 36.1. The molecule has 0 radical (unpaired) electrons. The van der Waals surface area contributed by atoms with Crippen molar-refractivity contribution in [2.24, 2.45) is 0 Å². The number of nitriles is 1. The molecule has 0 fully saturated rings. The van der Waals surface area contributed by atoms with Crippen molar-refractivity contribution in [2.75, 3.05) is 0 Å². The zero-order chi connectivity index (χ0) is 46.2. The van der Waals surface area contributed by atoms with Crippen LogP contribution in [0.15, 0.2) is 182 Å². The van der Waals surface area contributed by atoms with Gasteiger partial charge in [0.1, 0.15) is 6.07 Å². The Hall–Kier alpha value is -8.33. The summed E-state index contributed by atoms with van der Waals surface area (Å²) in [5.41, 5.74) is 5.16. The van der Waals surface area contributed by atoms with Gasteiger partial charge in [0.25, 0.3) is 0 Å². The molecule has 4 nitrogen and oxygen atoms in total. The molecule has 0 aliphatic heterocycles. The second kappa shape index (κ2) is 14.3.